The summed E-state index contributed by atoms with van der Waals surface area (Å²) in [5, 5.41) is 0. The van der Waals surface area contributed by atoms with Gasteiger partial charge in [-0.15, -0.1) is 0 Å². The van der Waals surface area contributed by atoms with Gasteiger partial charge in [-0.2, -0.15) is 0 Å². The van der Waals surface area contributed by atoms with Crippen LogP contribution in [0.2, 0.25) is 0 Å². The molecule has 0 bridgehead atoms. The summed E-state index contributed by atoms with van der Waals surface area (Å²) < 4.78 is 62.0. The highest BCUT2D eigenvalue weighted by Gasteiger charge is 2.28. The van der Waals surface area contributed by atoms with E-state index in [0.717, 1.165) is 14.2 Å². The third kappa shape index (κ3) is 34.8. The summed E-state index contributed by atoms with van der Waals surface area (Å²) in [6.45, 7) is 19.0. The zero-order valence-electron chi connectivity index (χ0n) is 23.5. The molecule has 0 fully saturated rings. The quantitative estimate of drug-likeness (QED) is 0.142. The van der Waals surface area contributed by atoms with E-state index in [4.69, 9.17) is 0 Å². The Morgan fingerprint density at radius 1 is 0.559 bits per heavy atom. The van der Waals surface area contributed by atoms with Crippen LogP contribution in [0.3, 0.4) is 0 Å². The predicted molar refractivity (Wildman–Crippen MR) is 150 cm³/mol. The summed E-state index contributed by atoms with van der Waals surface area (Å²) in [5.41, 5.74) is 0. The zero-order chi connectivity index (χ0) is 27.9. The summed E-state index contributed by atoms with van der Waals surface area (Å²) in [5.74, 6) is 0. The van der Waals surface area contributed by atoms with E-state index in [9.17, 15) is 25.9 Å². The second-order valence-corrected chi connectivity index (χ2v) is 20.6. The van der Waals surface area contributed by atoms with Crippen LogP contribution in [0.25, 0.3) is 0 Å². The maximum atomic E-state index is 9.22. The fraction of sp³-hybridized carbons (Fsp3) is 1.00. The maximum absolute atomic E-state index is 9.22. The first-order valence-corrected chi connectivity index (χ1v) is 20.4. The Morgan fingerprint density at radius 2 is 0.765 bits per heavy atom. The van der Waals surface area contributed by atoms with Crippen molar-refractivity contribution in [3.63, 3.8) is 0 Å². The average molecular weight is 573 g/mol. The van der Waals surface area contributed by atoms with Gasteiger partial charge in [0.2, 0.25) is 20.8 Å². The van der Waals surface area contributed by atoms with Gasteiger partial charge in [-0.3, -0.25) is 8.37 Å². The van der Waals surface area contributed by atoms with Gasteiger partial charge in [0.05, 0.1) is 51.2 Å². The van der Waals surface area contributed by atoms with Crippen LogP contribution >= 0.6 is 14.5 Å². The fourth-order valence-corrected chi connectivity index (χ4v) is 7.88. The maximum Gasteiger partial charge on any atom is 0.217 e. The molecule has 0 aliphatic rings. The molecule has 0 aromatic heterocycles. The average Bonchev–Trinajstić information content (AvgIpc) is 2.80. The molecule has 34 heavy (non-hydrogen) atoms. The largest absolute Gasteiger partial charge is 0.726 e. The van der Waals surface area contributed by atoms with Crippen molar-refractivity contribution in [1.82, 2.24) is 0 Å². The van der Waals surface area contributed by atoms with E-state index < -0.39 is 35.3 Å². The Labute approximate surface area is 213 Å². The first-order valence-electron chi connectivity index (χ1n) is 12.2. The van der Waals surface area contributed by atoms with Crippen LogP contribution in [0.1, 0.15) is 80.1 Å². The topological polar surface area (TPSA) is 133 Å². The molecule has 0 aromatic carbocycles. The Bertz CT molecular complexity index is 575. The molecule has 0 N–H and O–H groups in total. The van der Waals surface area contributed by atoms with Crippen LogP contribution < -0.4 is 0 Å². The van der Waals surface area contributed by atoms with Gasteiger partial charge in [-0.1, -0.05) is 40.0 Å². The molecule has 0 aliphatic heterocycles. The minimum atomic E-state index is -4.41. The molecule has 0 unspecified atom stereocenters. The molecular weight excluding hydrogens is 518 g/mol. The van der Waals surface area contributed by atoms with Gasteiger partial charge in [0.1, 0.15) is 0 Å². The lowest BCUT2D eigenvalue weighted by molar-refractivity contribution is 0.312. The Hall–Kier alpha value is 0.600. The molecule has 0 amide bonds. The lowest BCUT2D eigenvalue weighted by Gasteiger charge is -2.22. The van der Waals surface area contributed by atoms with Gasteiger partial charge in [0.15, 0.2) is 0 Å². The highest BCUT2D eigenvalue weighted by atomic mass is 32.3. The van der Waals surface area contributed by atoms with E-state index in [1.807, 2.05) is 0 Å². The lowest BCUT2D eigenvalue weighted by Crippen LogP contribution is -2.07. The van der Waals surface area contributed by atoms with E-state index in [1.165, 1.54) is 57.0 Å². The third-order valence-electron chi connectivity index (χ3n) is 5.85. The number of hydrogen-bond donors (Lipinski definition) is 0. The fourth-order valence-electron chi connectivity index (χ4n) is 2.63. The van der Waals surface area contributed by atoms with Crippen molar-refractivity contribution in [3.8, 4) is 0 Å². The molecule has 0 aromatic rings. The van der Waals surface area contributed by atoms with Crippen LogP contribution in [0.15, 0.2) is 0 Å². The van der Waals surface area contributed by atoms with Crippen molar-refractivity contribution in [2.45, 2.75) is 80.1 Å². The van der Waals surface area contributed by atoms with Gasteiger partial charge in [0.25, 0.3) is 0 Å². The van der Waals surface area contributed by atoms with Gasteiger partial charge < -0.3 is 9.11 Å². The molecule has 8 nitrogen and oxygen atoms in total. The second-order valence-electron chi connectivity index (χ2n) is 8.57. The minimum absolute atomic E-state index is 0.412. The van der Waals surface area contributed by atoms with E-state index in [1.54, 1.807) is 18.5 Å². The lowest BCUT2D eigenvalue weighted by atomic mass is 10.4. The van der Waals surface area contributed by atoms with Crippen LogP contribution in [0.5, 0.6) is 0 Å². The normalized spacial score (nSPS) is 11.9. The van der Waals surface area contributed by atoms with Crippen molar-refractivity contribution in [2.75, 3.05) is 64.5 Å². The SMILES string of the molecule is CCCC[P+](C)(CCCC)CCCC.CC[P+](C)(CC)CC.COS(=O)(=O)[O-].COS(=O)(=O)[O-]. The van der Waals surface area contributed by atoms with E-state index in [2.05, 4.69) is 63.2 Å². The Kier molecular flexibility index (Phi) is 29.4. The minimum Gasteiger partial charge on any atom is -0.726 e. The van der Waals surface area contributed by atoms with Crippen molar-refractivity contribution < 1.29 is 34.3 Å². The molecule has 0 aliphatic carbocycles. The molecule has 12 heteroatoms. The molecule has 0 spiro atoms. The van der Waals surface area contributed by atoms with Crippen LogP contribution in [0.4, 0.5) is 0 Å². The summed E-state index contributed by atoms with van der Waals surface area (Å²) >= 11 is 0. The summed E-state index contributed by atoms with van der Waals surface area (Å²) in [6.07, 6.45) is 17.5. The molecule has 0 radical (unpaired) electrons. The first kappa shape index (κ1) is 41.7. The molecule has 0 heterocycles. The van der Waals surface area contributed by atoms with Gasteiger partial charge in [0, 0.05) is 27.9 Å². The van der Waals surface area contributed by atoms with Gasteiger partial charge >= 0.3 is 0 Å². The first-order chi connectivity index (χ1) is 15.5. The van der Waals surface area contributed by atoms with E-state index in [0.29, 0.717) is 0 Å². The van der Waals surface area contributed by atoms with E-state index >= 15 is 0 Å². The van der Waals surface area contributed by atoms with Gasteiger partial charge in [-0.05, 0) is 40.0 Å². The van der Waals surface area contributed by atoms with Crippen molar-refractivity contribution in [2.24, 2.45) is 0 Å². The molecular formula is C22H54O8P2S2. The highest BCUT2D eigenvalue weighted by Crippen LogP contribution is 2.57. The summed E-state index contributed by atoms with van der Waals surface area (Å²) in [4.78, 5) is 0. The summed E-state index contributed by atoms with van der Waals surface area (Å²) in [7, 11) is -8.14. The number of hydrogen-bond acceptors (Lipinski definition) is 8. The van der Waals surface area contributed by atoms with Crippen molar-refractivity contribution >= 4 is 35.3 Å². The van der Waals surface area contributed by atoms with Crippen molar-refractivity contribution in [1.29, 1.82) is 0 Å². The van der Waals surface area contributed by atoms with Gasteiger partial charge in [-0.25, -0.2) is 16.8 Å². The monoisotopic (exact) mass is 572 g/mol. The van der Waals surface area contributed by atoms with Crippen LogP contribution in [-0.4, -0.2) is 90.5 Å². The van der Waals surface area contributed by atoms with Crippen molar-refractivity contribution in [3.05, 3.63) is 0 Å². The molecule has 0 atom stereocenters. The smallest absolute Gasteiger partial charge is 0.217 e. The molecule has 0 saturated heterocycles. The number of unbranched alkanes of at least 4 members (excludes halogenated alkanes) is 3. The standard InChI is InChI=1S/C13H30P.C7H18P.2CH4O4S/c1-5-8-11-14(4,12-9-6-2)13-10-7-3;1-5-8(4,6-2)7-3;2*1-5-6(2,3)4/h5-13H2,1-4H3;5-7H2,1-4H3;2*1H3,(H,2,3,4)/q2*+1;;/p-2. The Morgan fingerprint density at radius 3 is 0.853 bits per heavy atom. The Balaban J connectivity index is -0.000000191. The molecule has 0 saturated carbocycles. The third-order valence-corrected chi connectivity index (χ3v) is 15.4. The van der Waals surface area contributed by atoms with E-state index in [-0.39, 0.29) is 0 Å². The second kappa shape index (κ2) is 24.0. The highest BCUT2D eigenvalue weighted by molar-refractivity contribution is 7.81. The summed E-state index contributed by atoms with van der Waals surface area (Å²) in [6, 6.07) is 0. The molecule has 212 valence electrons. The number of rotatable bonds is 14. The predicted octanol–water partition coefficient (Wildman–Crippen LogP) is 5.91. The van der Waals surface area contributed by atoms with Crippen LogP contribution in [0, 0.1) is 0 Å². The van der Waals surface area contributed by atoms with Crippen LogP contribution in [-0.2, 0) is 29.2 Å². The molecule has 0 rings (SSSR count). The zero-order valence-corrected chi connectivity index (χ0v) is 26.9.